The molecule has 1 aliphatic rings. The van der Waals surface area contributed by atoms with Crippen LogP contribution in [0.4, 0.5) is 0 Å². The van der Waals surface area contributed by atoms with Gasteiger partial charge in [0.05, 0.1) is 12.1 Å². The van der Waals surface area contributed by atoms with Crippen LogP contribution in [0.3, 0.4) is 0 Å². The van der Waals surface area contributed by atoms with Gasteiger partial charge in [0.1, 0.15) is 6.26 Å². The van der Waals surface area contributed by atoms with Gasteiger partial charge in [-0.25, -0.2) is 4.98 Å². The van der Waals surface area contributed by atoms with Crippen molar-refractivity contribution in [2.45, 2.75) is 19.4 Å². The number of benzene rings is 2. The van der Waals surface area contributed by atoms with E-state index in [2.05, 4.69) is 22.9 Å². The van der Waals surface area contributed by atoms with Crippen LogP contribution in [0.1, 0.15) is 24.2 Å². The van der Waals surface area contributed by atoms with Gasteiger partial charge in [-0.1, -0.05) is 48.0 Å². The van der Waals surface area contributed by atoms with Crippen LogP contribution in [0, 0.1) is 0 Å². The summed E-state index contributed by atoms with van der Waals surface area (Å²) in [5, 5.41) is 0.791. The summed E-state index contributed by atoms with van der Waals surface area (Å²) in [5.41, 5.74) is 2.71. The summed E-state index contributed by atoms with van der Waals surface area (Å²) in [6.07, 6.45) is 1.84. The number of hydrogen-bond donors (Lipinski definition) is 0. The quantitative estimate of drug-likeness (QED) is 0.625. The van der Waals surface area contributed by atoms with Gasteiger partial charge in [0.2, 0.25) is 11.8 Å². The molecule has 1 aliphatic heterocycles. The first-order chi connectivity index (χ1) is 14.1. The SMILES string of the molecule is CC(c1ccccc1Cl)N1CCN(C(=O)Cc2coc(-c3ccccc3)n2)CC1. The molecule has 150 valence electrons. The first-order valence-corrected chi connectivity index (χ1v) is 10.3. The van der Waals surface area contributed by atoms with E-state index in [4.69, 9.17) is 16.0 Å². The van der Waals surface area contributed by atoms with Crippen molar-refractivity contribution in [3.05, 3.63) is 77.1 Å². The van der Waals surface area contributed by atoms with Crippen LogP contribution < -0.4 is 0 Å². The molecule has 2 aromatic carbocycles. The molecule has 0 spiro atoms. The third kappa shape index (κ3) is 4.52. The van der Waals surface area contributed by atoms with E-state index in [-0.39, 0.29) is 18.4 Å². The van der Waals surface area contributed by atoms with Crippen molar-refractivity contribution in [1.82, 2.24) is 14.8 Å². The summed E-state index contributed by atoms with van der Waals surface area (Å²) < 4.78 is 5.55. The topological polar surface area (TPSA) is 49.6 Å². The zero-order chi connectivity index (χ0) is 20.2. The number of nitrogens with zero attached hydrogens (tertiary/aromatic N) is 3. The maximum atomic E-state index is 12.7. The van der Waals surface area contributed by atoms with Crippen molar-refractivity contribution in [1.29, 1.82) is 0 Å². The predicted molar refractivity (Wildman–Crippen MR) is 114 cm³/mol. The lowest BCUT2D eigenvalue weighted by atomic mass is 10.1. The zero-order valence-corrected chi connectivity index (χ0v) is 17.2. The Kier molecular flexibility index (Phi) is 5.97. The minimum Gasteiger partial charge on any atom is -0.444 e. The van der Waals surface area contributed by atoms with Gasteiger partial charge in [0.25, 0.3) is 0 Å². The molecule has 0 bridgehead atoms. The molecule has 1 saturated heterocycles. The van der Waals surface area contributed by atoms with Crippen molar-refractivity contribution >= 4 is 17.5 Å². The minimum atomic E-state index is 0.0861. The number of rotatable bonds is 5. The highest BCUT2D eigenvalue weighted by Gasteiger charge is 2.26. The summed E-state index contributed by atoms with van der Waals surface area (Å²) in [6, 6.07) is 17.9. The zero-order valence-electron chi connectivity index (χ0n) is 16.4. The monoisotopic (exact) mass is 409 g/mol. The lowest BCUT2D eigenvalue weighted by Crippen LogP contribution is -2.49. The first kappa shape index (κ1) is 19.7. The van der Waals surface area contributed by atoms with E-state index in [1.807, 2.05) is 53.4 Å². The molecule has 0 aliphatic carbocycles. The number of piperazine rings is 1. The van der Waals surface area contributed by atoms with Gasteiger partial charge >= 0.3 is 0 Å². The number of amides is 1. The molecule has 0 N–H and O–H groups in total. The van der Waals surface area contributed by atoms with E-state index in [1.165, 1.54) is 0 Å². The number of aromatic nitrogens is 1. The molecule has 6 heteroatoms. The van der Waals surface area contributed by atoms with E-state index < -0.39 is 0 Å². The van der Waals surface area contributed by atoms with Gasteiger partial charge in [-0.3, -0.25) is 9.69 Å². The Balaban J connectivity index is 1.33. The molecule has 1 fully saturated rings. The summed E-state index contributed by atoms with van der Waals surface area (Å²) >= 11 is 6.35. The molecule has 1 aromatic heterocycles. The molecule has 0 radical (unpaired) electrons. The van der Waals surface area contributed by atoms with E-state index in [0.29, 0.717) is 24.7 Å². The van der Waals surface area contributed by atoms with Gasteiger partial charge in [-0.15, -0.1) is 0 Å². The Morgan fingerprint density at radius 3 is 2.48 bits per heavy atom. The molecule has 4 rings (SSSR count). The molecule has 1 amide bonds. The second kappa shape index (κ2) is 8.80. The Morgan fingerprint density at radius 1 is 1.07 bits per heavy atom. The first-order valence-electron chi connectivity index (χ1n) is 9.88. The molecular formula is C23H24ClN3O2. The van der Waals surface area contributed by atoms with Crippen LogP contribution in [-0.2, 0) is 11.2 Å². The number of oxazole rings is 1. The maximum Gasteiger partial charge on any atom is 0.228 e. The van der Waals surface area contributed by atoms with Crippen LogP contribution in [0.5, 0.6) is 0 Å². The van der Waals surface area contributed by atoms with E-state index in [9.17, 15) is 4.79 Å². The summed E-state index contributed by atoms with van der Waals surface area (Å²) in [7, 11) is 0. The van der Waals surface area contributed by atoms with Crippen LogP contribution >= 0.6 is 11.6 Å². The van der Waals surface area contributed by atoms with Gasteiger partial charge in [-0.2, -0.15) is 0 Å². The Labute approximate surface area is 175 Å². The predicted octanol–water partition coefficient (Wildman–Crippen LogP) is 4.44. The highest BCUT2D eigenvalue weighted by atomic mass is 35.5. The average Bonchev–Trinajstić information content (AvgIpc) is 3.23. The smallest absolute Gasteiger partial charge is 0.228 e. The highest BCUT2D eigenvalue weighted by Crippen LogP contribution is 2.28. The molecular weight excluding hydrogens is 386 g/mol. The normalized spacial score (nSPS) is 16.0. The third-order valence-corrected chi connectivity index (χ3v) is 5.82. The Bertz CT molecular complexity index is 965. The molecule has 29 heavy (non-hydrogen) atoms. The molecule has 1 unspecified atom stereocenters. The van der Waals surface area contributed by atoms with Gasteiger partial charge in [0.15, 0.2) is 0 Å². The second-order valence-electron chi connectivity index (χ2n) is 7.30. The van der Waals surface area contributed by atoms with Gasteiger partial charge in [-0.05, 0) is 30.7 Å². The number of carbonyl (C=O) groups excluding carboxylic acids is 1. The summed E-state index contributed by atoms with van der Waals surface area (Å²) in [5.74, 6) is 0.634. The van der Waals surface area contributed by atoms with Crippen molar-refractivity contribution in [3.63, 3.8) is 0 Å². The average molecular weight is 410 g/mol. The van der Waals surface area contributed by atoms with Crippen molar-refractivity contribution in [2.75, 3.05) is 26.2 Å². The van der Waals surface area contributed by atoms with Crippen molar-refractivity contribution in [3.8, 4) is 11.5 Å². The highest BCUT2D eigenvalue weighted by molar-refractivity contribution is 6.31. The standard InChI is InChI=1S/C23H24ClN3O2/c1-17(20-9-5-6-10-21(20)24)26-11-13-27(14-12-26)22(28)15-19-16-29-23(25-19)18-7-3-2-4-8-18/h2-10,16-17H,11-15H2,1H3. The minimum absolute atomic E-state index is 0.0861. The fraction of sp³-hybridized carbons (Fsp3) is 0.304. The fourth-order valence-corrected chi connectivity index (χ4v) is 4.03. The van der Waals surface area contributed by atoms with E-state index in [0.717, 1.165) is 29.2 Å². The number of carbonyl (C=O) groups is 1. The lowest BCUT2D eigenvalue weighted by Gasteiger charge is -2.38. The van der Waals surface area contributed by atoms with Crippen LogP contribution in [0.2, 0.25) is 5.02 Å². The van der Waals surface area contributed by atoms with Gasteiger partial charge in [0, 0.05) is 42.8 Å². The van der Waals surface area contributed by atoms with Crippen molar-refractivity contribution < 1.29 is 9.21 Å². The molecule has 3 aromatic rings. The van der Waals surface area contributed by atoms with E-state index >= 15 is 0 Å². The molecule has 2 heterocycles. The van der Waals surface area contributed by atoms with Gasteiger partial charge < -0.3 is 9.32 Å². The second-order valence-corrected chi connectivity index (χ2v) is 7.71. The largest absolute Gasteiger partial charge is 0.444 e. The fourth-order valence-electron chi connectivity index (χ4n) is 3.74. The number of halogens is 1. The maximum absolute atomic E-state index is 12.7. The molecule has 5 nitrogen and oxygen atoms in total. The summed E-state index contributed by atoms with van der Waals surface area (Å²) in [6.45, 7) is 5.23. The van der Waals surface area contributed by atoms with Crippen LogP contribution in [0.15, 0.2) is 65.3 Å². The molecule has 0 saturated carbocycles. The Hall–Kier alpha value is -2.63. The Morgan fingerprint density at radius 2 is 1.76 bits per heavy atom. The number of hydrogen-bond acceptors (Lipinski definition) is 4. The lowest BCUT2D eigenvalue weighted by molar-refractivity contribution is -0.132. The van der Waals surface area contributed by atoms with Crippen LogP contribution in [0.25, 0.3) is 11.5 Å². The van der Waals surface area contributed by atoms with Crippen molar-refractivity contribution in [2.24, 2.45) is 0 Å². The molecule has 1 atom stereocenters. The third-order valence-electron chi connectivity index (χ3n) is 5.47. The summed E-state index contributed by atoms with van der Waals surface area (Å²) in [4.78, 5) is 21.5. The van der Waals surface area contributed by atoms with E-state index in [1.54, 1.807) is 6.26 Å². The van der Waals surface area contributed by atoms with Crippen LogP contribution in [-0.4, -0.2) is 46.9 Å².